The van der Waals surface area contributed by atoms with Gasteiger partial charge in [0.25, 0.3) is 5.91 Å². The Morgan fingerprint density at radius 1 is 1.12 bits per heavy atom. The molecule has 1 amide bonds. The molecule has 0 radical (unpaired) electrons. The van der Waals surface area contributed by atoms with E-state index in [0.29, 0.717) is 29.8 Å². The highest BCUT2D eigenvalue weighted by Crippen LogP contribution is 2.20. The molecule has 2 N–H and O–H groups in total. The van der Waals surface area contributed by atoms with Gasteiger partial charge in [-0.05, 0) is 48.7 Å². The third kappa shape index (κ3) is 5.49. The summed E-state index contributed by atoms with van der Waals surface area (Å²) in [5.41, 5.74) is 2.54. The first-order valence-electron chi connectivity index (χ1n) is 7.78. The fourth-order valence-corrected chi connectivity index (χ4v) is 3.02. The lowest BCUT2D eigenvalue weighted by atomic mass is 10.1. The molecule has 0 aliphatic carbocycles. The van der Waals surface area contributed by atoms with E-state index in [2.05, 4.69) is 10.0 Å². The van der Waals surface area contributed by atoms with E-state index in [-0.39, 0.29) is 5.91 Å². The molecule has 0 spiro atoms. The number of ether oxygens (including phenoxy) is 1. The highest BCUT2D eigenvalue weighted by molar-refractivity contribution is 7.92. The topological polar surface area (TPSA) is 84.5 Å². The molecule has 6 nitrogen and oxygen atoms in total. The van der Waals surface area contributed by atoms with Crippen LogP contribution in [0.25, 0.3) is 0 Å². The molecule has 0 atom stereocenters. The van der Waals surface area contributed by atoms with E-state index in [1.165, 1.54) is 0 Å². The molecule has 2 aromatic carbocycles. The molecule has 0 saturated heterocycles. The number of amides is 1. The van der Waals surface area contributed by atoms with Gasteiger partial charge in [-0.1, -0.05) is 18.2 Å². The molecule has 134 valence electrons. The number of nitrogens with one attached hydrogen (secondary N) is 2. The first-order chi connectivity index (χ1) is 11.8. The first kappa shape index (κ1) is 18.8. The van der Waals surface area contributed by atoms with Gasteiger partial charge in [-0.3, -0.25) is 9.52 Å². The number of methoxy groups -OCH3 is 1. The van der Waals surface area contributed by atoms with Crippen LogP contribution in [-0.2, 0) is 16.4 Å². The van der Waals surface area contributed by atoms with Crippen LogP contribution in [-0.4, -0.2) is 34.2 Å². The monoisotopic (exact) mass is 362 g/mol. The van der Waals surface area contributed by atoms with E-state index >= 15 is 0 Å². The van der Waals surface area contributed by atoms with Gasteiger partial charge < -0.3 is 10.1 Å². The van der Waals surface area contributed by atoms with Gasteiger partial charge in [0.15, 0.2) is 0 Å². The molecule has 7 heteroatoms. The van der Waals surface area contributed by atoms with Crippen molar-refractivity contribution in [3.8, 4) is 5.75 Å². The Kier molecular flexibility index (Phi) is 6.03. The van der Waals surface area contributed by atoms with Crippen LogP contribution in [0.2, 0.25) is 0 Å². The quantitative estimate of drug-likeness (QED) is 0.792. The fourth-order valence-electron chi connectivity index (χ4n) is 2.40. The fraction of sp³-hybridized carbons (Fsp3) is 0.278. The van der Waals surface area contributed by atoms with Gasteiger partial charge in [0.05, 0.1) is 19.1 Å². The van der Waals surface area contributed by atoms with Crippen LogP contribution >= 0.6 is 0 Å². The molecule has 0 bridgehead atoms. The maximum absolute atomic E-state index is 12.4. The summed E-state index contributed by atoms with van der Waals surface area (Å²) in [7, 11) is -1.78. The van der Waals surface area contributed by atoms with Crippen molar-refractivity contribution in [1.29, 1.82) is 0 Å². The zero-order valence-electron chi connectivity index (χ0n) is 14.5. The Hall–Kier alpha value is -2.54. The molecule has 0 heterocycles. The third-order valence-corrected chi connectivity index (χ3v) is 4.32. The second kappa shape index (κ2) is 8.02. The minimum atomic E-state index is -3.39. The average Bonchev–Trinajstić information content (AvgIpc) is 2.56. The van der Waals surface area contributed by atoms with Gasteiger partial charge in [-0.25, -0.2) is 8.42 Å². The van der Waals surface area contributed by atoms with Gasteiger partial charge >= 0.3 is 0 Å². The number of carbonyl (C=O) groups is 1. The zero-order chi connectivity index (χ0) is 18.4. The summed E-state index contributed by atoms with van der Waals surface area (Å²) < 4.78 is 30.3. The van der Waals surface area contributed by atoms with Crippen molar-refractivity contribution in [3.63, 3.8) is 0 Å². The Bertz CT molecular complexity index is 846. The Morgan fingerprint density at radius 2 is 1.80 bits per heavy atom. The maximum atomic E-state index is 12.4. The summed E-state index contributed by atoms with van der Waals surface area (Å²) in [5, 5.41) is 2.86. The molecule has 0 fully saturated rings. The Labute approximate surface area is 148 Å². The number of benzene rings is 2. The van der Waals surface area contributed by atoms with Gasteiger partial charge in [0, 0.05) is 12.1 Å². The second-order valence-corrected chi connectivity index (χ2v) is 7.45. The number of sulfonamides is 1. The molecule has 0 saturated carbocycles. The Balaban J connectivity index is 1.99. The summed E-state index contributed by atoms with van der Waals surface area (Å²) in [5.74, 6) is 0.557. The molecule has 0 aromatic heterocycles. The van der Waals surface area contributed by atoms with Crippen LogP contribution in [0.5, 0.6) is 5.75 Å². The van der Waals surface area contributed by atoms with Crippen molar-refractivity contribution < 1.29 is 17.9 Å². The van der Waals surface area contributed by atoms with E-state index < -0.39 is 10.0 Å². The van der Waals surface area contributed by atoms with Crippen molar-refractivity contribution in [3.05, 3.63) is 59.2 Å². The largest absolute Gasteiger partial charge is 0.497 e. The minimum Gasteiger partial charge on any atom is -0.497 e. The molecular formula is C18H22N2O4S. The van der Waals surface area contributed by atoms with Crippen molar-refractivity contribution >= 4 is 21.6 Å². The van der Waals surface area contributed by atoms with Crippen molar-refractivity contribution in [2.45, 2.75) is 13.3 Å². The lowest BCUT2D eigenvalue weighted by molar-refractivity contribution is 0.0953. The zero-order valence-corrected chi connectivity index (χ0v) is 15.3. The summed E-state index contributed by atoms with van der Waals surface area (Å²) >= 11 is 0. The summed E-state index contributed by atoms with van der Waals surface area (Å²) in [4.78, 5) is 12.4. The standard InChI is InChI=1S/C18H22N2O4S/c1-13-16(5-4-6-17(13)20-25(3,22)23)18(21)19-12-11-14-7-9-15(24-2)10-8-14/h4-10,20H,11-12H2,1-3H3,(H,19,21). The van der Waals surface area contributed by atoms with Gasteiger partial charge in [-0.2, -0.15) is 0 Å². The number of carbonyl (C=O) groups excluding carboxylic acids is 1. The Morgan fingerprint density at radius 3 is 2.40 bits per heavy atom. The van der Waals surface area contributed by atoms with Crippen molar-refractivity contribution in [2.24, 2.45) is 0 Å². The average molecular weight is 362 g/mol. The highest BCUT2D eigenvalue weighted by Gasteiger charge is 2.13. The molecular weight excluding hydrogens is 340 g/mol. The normalized spacial score (nSPS) is 11.0. The van der Waals surface area contributed by atoms with Crippen LogP contribution in [0.15, 0.2) is 42.5 Å². The second-order valence-electron chi connectivity index (χ2n) is 5.71. The number of anilines is 1. The summed E-state index contributed by atoms with van der Waals surface area (Å²) in [6.07, 6.45) is 1.77. The molecule has 0 aliphatic rings. The van der Waals surface area contributed by atoms with Crippen LogP contribution in [0, 0.1) is 6.92 Å². The predicted octanol–water partition coefficient (Wildman–Crippen LogP) is 2.35. The predicted molar refractivity (Wildman–Crippen MR) is 98.7 cm³/mol. The van der Waals surface area contributed by atoms with Gasteiger partial charge in [0.1, 0.15) is 5.75 Å². The third-order valence-electron chi connectivity index (χ3n) is 3.73. The van der Waals surface area contributed by atoms with Crippen molar-refractivity contribution in [1.82, 2.24) is 5.32 Å². The maximum Gasteiger partial charge on any atom is 0.251 e. The molecule has 0 unspecified atom stereocenters. The summed E-state index contributed by atoms with van der Waals surface area (Å²) in [6.45, 7) is 2.19. The van der Waals surface area contributed by atoms with E-state index in [1.54, 1.807) is 32.2 Å². The van der Waals surface area contributed by atoms with E-state index in [1.807, 2.05) is 24.3 Å². The lowest BCUT2D eigenvalue weighted by Gasteiger charge is -2.12. The minimum absolute atomic E-state index is 0.233. The van der Waals surface area contributed by atoms with E-state index in [4.69, 9.17) is 4.74 Å². The van der Waals surface area contributed by atoms with Gasteiger partial charge in [-0.15, -0.1) is 0 Å². The number of rotatable bonds is 7. The first-order valence-corrected chi connectivity index (χ1v) is 9.68. The highest BCUT2D eigenvalue weighted by atomic mass is 32.2. The molecule has 25 heavy (non-hydrogen) atoms. The number of hydrogen-bond acceptors (Lipinski definition) is 4. The summed E-state index contributed by atoms with van der Waals surface area (Å²) in [6, 6.07) is 12.6. The molecule has 2 aromatic rings. The van der Waals surface area contributed by atoms with Crippen LogP contribution in [0.3, 0.4) is 0 Å². The molecule has 0 aliphatic heterocycles. The van der Waals surface area contributed by atoms with Crippen LogP contribution in [0.1, 0.15) is 21.5 Å². The van der Waals surface area contributed by atoms with Crippen LogP contribution < -0.4 is 14.8 Å². The van der Waals surface area contributed by atoms with Crippen molar-refractivity contribution in [2.75, 3.05) is 24.6 Å². The van der Waals surface area contributed by atoms with E-state index in [0.717, 1.165) is 17.6 Å². The number of hydrogen-bond donors (Lipinski definition) is 2. The smallest absolute Gasteiger partial charge is 0.251 e. The van der Waals surface area contributed by atoms with Gasteiger partial charge in [0.2, 0.25) is 10.0 Å². The van der Waals surface area contributed by atoms with E-state index in [9.17, 15) is 13.2 Å². The lowest BCUT2D eigenvalue weighted by Crippen LogP contribution is -2.26. The molecule has 2 rings (SSSR count). The SMILES string of the molecule is COc1ccc(CCNC(=O)c2cccc(NS(C)(=O)=O)c2C)cc1. The van der Waals surface area contributed by atoms with Crippen LogP contribution in [0.4, 0.5) is 5.69 Å².